The van der Waals surface area contributed by atoms with Gasteiger partial charge >= 0.3 is 0 Å². The molecule has 0 aliphatic carbocycles. The van der Waals surface area contributed by atoms with E-state index in [0.29, 0.717) is 0 Å². The highest BCUT2D eigenvalue weighted by molar-refractivity contribution is 5.30. The third kappa shape index (κ3) is 2.70. The summed E-state index contributed by atoms with van der Waals surface area (Å²) in [5.41, 5.74) is 2.08. The third-order valence-corrected chi connectivity index (χ3v) is 2.48. The van der Waals surface area contributed by atoms with Crippen LogP contribution in [0.15, 0.2) is 42.6 Å². The van der Waals surface area contributed by atoms with Gasteiger partial charge in [-0.25, -0.2) is 4.68 Å². The molecule has 1 N–H and O–H groups in total. The highest BCUT2D eigenvalue weighted by Gasteiger charge is 2.02. The second kappa shape index (κ2) is 4.94. The van der Waals surface area contributed by atoms with Gasteiger partial charge in [0, 0.05) is 6.20 Å². The summed E-state index contributed by atoms with van der Waals surface area (Å²) >= 11 is 0. The maximum atomic E-state index is 9.20. The average molecular weight is 216 g/mol. The number of aryl methyl sites for hydroxylation is 1. The summed E-state index contributed by atoms with van der Waals surface area (Å²) in [5.74, 6) is 0. The second-order valence-electron chi connectivity index (χ2n) is 3.97. The van der Waals surface area contributed by atoms with Crippen LogP contribution in [0.4, 0.5) is 0 Å². The van der Waals surface area contributed by atoms with Crippen LogP contribution in [0.3, 0.4) is 0 Å². The number of benzene rings is 1. The smallest absolute Gasteiger partial charge is 0.0645 e. The topological polar surface area (TPSA) is 38.0 Å². The zero-order valence-electron chi connectivity index (χ0n) is 9.37. The van der Waals surface area contributed by atoms with Gasteiger partial charge in [0.15, 0.2) is 0 Å². The van der Waals surface area contributed by atoms with Gasteiger partial charge in [-0.1, -0.05) is 18.2 Å². The van der Waals surface area contributed by atoms with Crippen LogP contribution in [0.5, 0.6) is 0 Å². The minimum atomic E-state index is -0.262. The van der Waals surface area contributed by atoms with Gasteiger partial charge in [-0.2, -0.15) is 5.10 Å². The van der Waals surface area contributed by atoms with Gasteiger partial charge in [0.2, 0.25) is 0 Å². The number of hydrogen-bond donors (Lipinski definition) is 1. The van der Waals surface area contributed by atoms with Crippen LogP contribution in [0, 0.1) is 0 Å². The molecule has 16 heavy (non-hydrogen) atoms. The SMILES string of the molecule is CC(O)CCc1ccn(-c2ccccc2)n1. The Hall–Kier alpha value is -1.61. The number of aliphatic hydroxyl groups excluding tert-OH is 1. The molecule has 0 radical (unpaired) electrons. The maximum Gasteiger partial charge on any atom is 0.0645 e. The standard InChI is InChI=1S/C13H16N2O/c1-11(16)7-8-12-9-10-15(14-12)13-5-3-2-4-6-13/h2-6,9-11,16H,7-8H2,1H3. The Labute approximate surface area is 95.3 Å². The Morgan fingerprint density at radius 3 is 2.69 bits per heavy atom. The first-order valence-corrected chi connectivity index (χ1v) is 5.54. The van der Waals surface area contributed by atoms with Crippen LogP contribution < -0.4 is 0 Å². The number of aliphatic hydroxyl groups is 1. The molecular formula is C13H16N2O. The van der Waals surface area contributed by atoms with Crippen molar-refractivity contribution in [3.8, 4) is 5.69 Å². The van der Waals surface area contributed by atoms with Crippen molar-refractivity contribution in [2.45, 2.75) is 25.9 Å². The van der Waals surface area contributed by atoms with Gasteiger partial charge in [0.05, 0.1) is 17.5 Å². The molecule has 1 atom stereocenters. The largest absolute Gasteiger partial charge is 0.393 e. The van der Waals surface area contributed by atoms with Gasteiger partial charge in [-0.15, -0.1) is 0 Å². The van der Waals surface area contributed by atoms with Crippen molar-refractivity contribution in [2.75, 3.05) is 0 Å². The molecule has 0 fully saturated rings. The molecule has 0 aliphatic rings. The highest BCUT2D eigenvalue weighted by Crippen LogP contribution is 2.08. The molecule has 84 valence electrons. The number of rotatable bonds is 4. The minimum Gasteiger partial charge on any atom is -0.393 e. The molecule has 0 aliphatic heterocycles. The van der Waals surface area contributed by atoms with Crippen LogP contribution in [0.25, 0.3) is 5.69 Å². The van der Waals surface area contributed by atoms with E-state index in [1.165, 1.54) is 0 Å². The lowest BCUT2D eigenvalue weighted by molar-refractivity contribution is 0.184. The van der Waals surface area contributed by atoms with Gasteiger partial charge in [0.25, 0.3) is 0 Å². The van der Waals surface area contributed by atoms with E-state index in [4.69, 9.17) is 0 Å². The Morgan fingerprint density at radius 2 is 2.00 bits per heavy atom. The van der Waals surface area contributed by atoms with Crippen molar-refractivity contribution in [3.63, 3.8) is 0 Å². The van der Waals surface area contributed by atoms with Crippen LogP contribution >= 0.6 is 0 Å². The lowest BCUT2D eigenvalue weighted by atomic mass is 10.2. The van der Waals surface area contributed by atoms with Crippen LogP contribution in [0.1, 0.15) is 19.0 Å². The zero-order chi connectivity index (χ0) is 11.4. The monoisotopic (exact) mass is 216 g/mol. The summed E-state index contributed by atoms with van der Waals surface area (Å²) in [6.45, 7) is 1.80. The van der Waals surface area contributed by atoms with Gasteiger partial charge in [-0.05, 0) is 38.0 Å². The molecule has 0 amide bonds. The number of aromatic nitrogens is 2. The summed E-state index contributed by atoms with van der Waals surface area (Å²) in [6, 6.07) is 12.0. The van der Waals surface area contributed by atoms with E-state index in [9.17, 15) is 5.11 Å². The van der Waals surface area contributed by atoms with Gasteiger partial charge < -0.3 is 5.11 Å². The van der Waals surface area contributed by atoms with Crippen LogP contribution in [-0.4, -0.2) is 21.0 Å². The van der Waals surface area contributed by atoms with Crippen molar-refractivity contribution in [2.24, 2.45) is 0 Å². The normalized spacial score (nSPS) is 12.6. The molecule has 0 bridgehead atoms. The van der Waals surface area contributed by atoms with E-state index in [2.05, 4.69) is 5.10 Å². The first-order valence-electron chi connectivity index (χ1n) is 5.54. The van der Waals surface area contributed by atoms with E-state index >= 15 is 0 Å². The van der Waals surface area contributed by atoms with Crippen molar-refractivity contribution in [3.05, 3.63) is 48.3 Å². The summed E-state index contributed by atoms with van der Waals surface area (Å²) in [4.78, 5) is 0. The number of para-hydroxylation sites is 1. The summed E-state index contributed by atoms with van der Waals surface area (Å²) in [7, 11) is 0. The second-order valence-corrected chi connectivity index (χ2v) is 3.97. The molecule has 0 saturated carbocycles. The highest BCUT2D eigenvalue weighted by atomic mass is 16.3. The Balaban J connectivity index is 2.08. The Kier molecular flexibility index (Phi) is 3.37. The molecule has 0 spiro atoms. The fourth-order valence-electron chi connectivity index (χ4n) is 1.58. The maximum absolute atomic E-state index is 9.20. The minimum absolute atomic E-state index is 0.262. The van der Waals surface area contributed by atoms with Gasteiger partial charge in [0.1, 0.15) is 0 Å². The van der Waals surface area contributed by atoms with E-state index in [1.807, 2.05) is 47.3 Å². The molecule has 3 heteroatoms. The van der Waals surface area contributed by atoms with Gasteiger partial charge in [-0.3, -0.25) is 0 Å². The van der Waals surface area contributed by atoms with Crippen LogP contribution in [0.2, 0.25) is 0 Å². The summed E-state index contributed by atoms with van der Waals surface area (Å²) in [6.07, 6.45) is 3.26. The fourth-order valence-corrected chi connectivity index (χ4v) is 1.58. The van der Waals surface area contributed by atoms with Crippen molar-refractivity contribution < 1.29 is 5.11 Å². The quantitative estimate of drug-likeness (QED) is 0.850. The molecule has 2 rings (SSSR count). The lowest BCUT2D eigenvalue weighted by Crippen LogP contribution is -2.02. The van der Waals surface area contributed by atoms with E-state index < -0.39 is 0 Å². The van der Waals surface area contributed by atoms with Crippen molar-refractivity contribution >= 4 is 0 Å². The molecule has 1 unspecified atom stereocenters. The van der Waals surface area contributed by atoms with Crippen LogP contribution in [-0.2, 0) is 6.42 Å². The van der Waals surface area contributed by atoms with Crippen molar-refractivity contribution in [1.29, 1.82) is 0 Å². The Morgan fingerprint density at radius 1 is 1.25 bits per heavy atom. The summed E-state index contributed by atoms with van der Waals surface area (Å²) < 4.78 is 1.86. The molecule has 2 aromatic rings. The fraction of sp³-hybridized carbons (Fsp3) is 0.308. The first-order chi connectivity index (χ1) is 7.75. The predicted molar refractivity (Wildman–Crippen MR) is 63.6 cm³/mol. The van der Waals surface area contributed by atoms with E-state index in [1.54, 1.807) is 6.92 Å². The molecule has 1 aromatic heterocycles. The average Bonchev–Trinajstić information content (AvgIpc) is 2.76. The molecule has 1 aromatic carbocycles. The molecular weight excluding hydrogens is 200 g/mol. The first kappa shape index (κ1) is 10.9. The van der Waals surface area contributed by atoms with Crippen molar-refractivity contribution in [1.82, 2.24) is 9.78 Å². The molecule has 0 saturated heterocycles. The third-order valence-electron chi connectivity index (χ3n) is 2.48. The number of hydrogen-bond acceptors (Lipinski definition) is 2. The molecule has 3 nitrogen and oxygen atoms in total. The lowest BCUT2D eigenvalue weighted by Gasteiger charge is -2.01. The summed E-state index contributed by atoms with van der Waals surface area (Å²) in [5, 5.41) is 13.7. The number of nitrogens with zero attached hydrogens (tertiary/aromatic N) is 2. The van der Waals surface area contributed by atoms with E-state index in [0.717, 1.165) is 24.2 Å². The molecule has 1 heterocycles. The predicted octanol–water partition coefficient (Wildman–Crippen LogP) is 2.19. The zero-order valence-corrected chi connectivity index (χ0v) is 9.37. The Bertz CT molecular complexity index is 434. The van der Waals surface area contributed by atoms with E-state index in [-0.39, 0.29) is 6.10 Å².